The quantitative estimate of drug-likeness (QED) is 0.311. The number of aryl methyl sites for hydroxylation is 1. The highest BCUT2D eigenvalue weighted by Gasteiger charge is 2.21. The summed E-state index contributed by atoms with van der Waals surface area (Å²) in [6, 6.07) is 14.1. The lowest BCUT2D eigenvalue weighted by Gasteiger charge is -2.31. The van der Waals surface area contributed by atoms with Crippen molar-refractivity contribution in [1.29, 1.82) is 0 Å². The third-order valence-corrected chi connectivity index (χ3v) is 8.38. The zero-order valence-corrected chi connectivity index (χ0v) is 23.8. The van der Waals surface area contributed by atoms with Crippen LogP contribution in [0, 0.1) is 6.92 Å². The lowest BCUT2D eigenvalue weighted by atomic mass is 9.89. The molecule has 0 spiro atoms. The van der Waals surface area contributed by atoms with Gasteiger partial charge < -0.3 is 24.8 Å². The van der Waals surface area contributed by atoms with Crippen molar-refractivity contribution < 1.29 is 9.30 Å². The van der Waals surface area contributed by atoms with Crippen molar-refractivity contribution in [3.8, 4) is 5.75 Å². The Kier molecular flexibility index (Phi) is 8.56. The molecule has 0 amide bonds. The predicted molar refractivity (Wildman–Crippen MR) is 155 cm³/mol. The minimum Gasteiger partial charge on any atom is -0.489 e. The summed E-state index contributed by atoms with van der Waals surface area (Å²) < 4.78 is 19.0. The zero-order valence-electron chi connectivity index (χ0n) is 22.9. The summed E-state index contributed by atoms with van der Waals surface area (Å²) in [4.78, 5) is 11.8. The Morgan fingerprint density at radius 3 is 2.49 bits per heavy atom. The van der Waals surface area contributed by atoms with Crippen molar-refractivity contribution >= 4 is 35.6 Å². The molecular weight excluding hydrogens is 481 g/mol. The van der Waals surface area contributed by atoms with Gasteiger partial charge in [0.25, 0.3) is 0 Å². The molecule has 198 valence electrons. The molecule has 1 aliphatic heterocycles. The first-order chi connectivity index (χ1) is 17.6. The number of aromatic nitrogens is 2. The molecule has 7 nitrogen and oxygen atoms in total. The molecule has 1 fully saturated rings. The fourth-order valence-corrected chi connectivity index (χ4v) is 5.91. The summed E-state index contributed by atoms with van der Waals surface area (Å²) in [5.41, 5.74) is 3.86. The summed E-state index contributed by atoms with van der Waals surface area (Å²) >= 11 is 0. The highest BCUT2D eigenvalue weighted by atomic mass is 31.2. The second-order valence-electron chi connectivity index (χ2n) is 10.5. The average Bonchev–Trinajstić information content (AvgIpc) is 2.86. The number of piperidine rings is 1. The minimum atomic E-state index is -2.46. The maximum atomic E-state index is 12.8. The SMILES string of the molecule is CCN1CCC(c2ccc(Nc3ncc(C)c(Nc4ccccc4P(C)(C)=O)n3)c(OC(C)C)c2)CC1. The van der Waals surface area contributed by atoms with Gasteiger partial charge in [0.05, 0.1) is 17.5 Å². The molecule has 3 aromatic rings. The standard InChI is InChI=1S/C29H40N5O2P/c1-7-34-16-14-22(15-17-34)23-12-13-24(26(18-23)36-20(2)3)32-29-30-19-21(4)28(33-29)31-25-10-8-9-11-27(25)37(5,6)35/h8-13,18-20,22H,7,14-17H2,1-6H3,(H2,30,31,32,33). The predicted octanol–water partition coefficient (Wildman–Crippen LogP) is 6.51. The van der Waals surface area contributed by atoms with Crippen molar-refractivity contribution in [3.63, 3.8) is 0 Å². The first kappa shape index (κ1) is 27.2. The number of hydrogen-bond acceptors (Lipinski definition) is 7. The number of nitrogens with zero attached hydrogens (tertiary/aromatic N) is 3. The molecule has 0 unspecified atom stereocenters. The Morgan fingerprint density at radius 2 is 1.81 bits per heavy atom. The van der Waals surface area contributed by atoms with E-state index in [1.165, 1.54) is 18.4 Å². The molecule has 37 heavy (non-hydrogen) atoms. The normalized spacial score (nSPS) is 15.1. The summed E-state index contributed by atoms with van der Waals surface area (Å²) in [6.07, 6.45) is 4.17. The largest absolute Gasteiger partial charge is 0.489 e. The van der Waals surface area contributed by atoms with Crippen LogP contribution in [0.1, 0.15) is 50.7 Å². The van der Waals surface area contributed by atoms with Gasteiger partial charge >= 0.3 is 0 Å². The summed E-state index contributed by atoms with van der Waals surface area (Å²) in [7, 11) is -2.46. The van der Waals surface area contributed by atoms with Crippen LogP contribution in [0.25, 0.3) is 0 Å². The van der Waals surface area contributed by atoms with E-state index in [0.717, 1.165) is 47.6 Å². The van der Waals surface area contributed by atoms with E-state index in [0.29, 0.717) is 17.7 Å². The summed E-state index contributed by atoms with van der Waals surface area (Å²) in [5, 5.41) is 7.56. The van der Waals surface area contributed by atoms with Crippen molar-refractivity contribution in [2.24, 2.45) is 0 Å². The number of para-hydroxylation sites is 1. The number of likely N-dealkylation sites (tertiary alicyclic amines) is 1. The molecular formula is C29H40N5O2P. The van der Waals surface area contributed by atoms with Crippen molar-refractivity contribution in [2.75, 3.05) is 43.6 Å². The molecule has 0 saturated carbocycles. The van der Waals surface area contributed by atoms with E-state index in [4.69, 9.17) is 9.72 Å². The number of benzene rings is 2. The molecule has 8 heteroatoms. The van der Waals surface area contributed by atoms with Gasteiger partial charge in [-0.15, -0.1) is 0 Å². The van der Waals surface area contributed by atoms with Gasteiger partial charge in [-0.3, -0.25) is 0 Å². The number of anilines is 4. The van der Waals surface area contributed by atoms with Crippen molar-refractivity contribution in [2.45, 2.75) is 52.6 Å². The molecule has 0 aliphatic carbocycles. The third kappa shape index (κ3) is 6.91. The van der Waals surface area contributed by atoms with E-state index in [2.05, 4.69) is 45.6 Å². The molecule has 1 saturated heterocycles. The molecule has 2 heterocycles. The van der Waals surface area contributed by atoms with Crippen LogP contribution < -0.4 is 20.7 Å². The van der Waals surface area contributed by atoms with E-state index >= 15 is 0 Å². The lowest BCUT2D eigenvalue weighted by Crippen LogP contribution is -2.32. The van der Waals surface area contributed by atoms with Gasteiger partial charge in [0.15, 0.2) is 0 Å². The number of hydrogen-bond donors (Lipinski definition) is 2. The Balaban J connectivity index is 1.58. The molecule has 1 aliphatic rings. The van der Waals surface area contributed by atoms with E-state index in [-0.39, 0.29) is 6.10 Å². The molecule has 0 radical (unpaired) electrons. The topological polar surface area (TPSA) is 79.4 Å². The first-order valence-electron chi connectivity index (χ1n) is 13.2. The van der Waals surface area contributed by atoms with Crippen molar-refractivity contribution in [1.82, 2.24) is 14.9 Å². The number of rotatable bonds is 9. The highest BCUT2D eigenvalue weighted by molar-refractivity contribution is 7.70. The van der Waals surface area contributed by atoms with Gasteiger partial charge in [-0.05, 0) is 102 Å². The van der Waals surface area contributed by atoms with Crippen LogP contribution in [0.2, 0.25) is 0 Å². The Bertz CT molecular complexity index is 1260. The van der Waals surface area contributed by atoms with Gasteiger partial charge in [0.2, 0.25) is 5.95 Å². The summed E-state index contributed by atoms with van der Waals surface area (Å²) in [6.45, 7) is 15.2. The fourth-order valence-electron chi connectivity index (χ4n) is 4.76. The Labute approximate surface area is 221 Å². The highest BCUT2D eigenvalue weighted by Crippen LogP contribution is 2.39. The van der Waals surface area contributed by atoms with Crippen LogP contribution in [-0.2, 0) is 4.57 Å². The molecule has 1 aromatic heterocycles. The van der Waals surface area contributed by atoms with Crippen LogP contribution in [0.4, 0.5) is 23.1 Å². The fraction of sp³-hybridized carbons (Fsp3) is 0.448. The first-order valence-corrected chi connectivity index (χ1v) is 15.8. The van der Waals surface area contributed by atoms with Gasteiger partial charge in [-0.25, -0.2) is 4.98 Å². The second kappa shape index (κ2) is 11.7. The Morgan fingerprint density at radius 1 is 1.08 bits per heavy atom. The second-order valence-corrected chi connectivity index (χ2v) is 13.7. The molecule has 0 atom stereocenters. The maximum Gasteiger partial charge on any atom is 0.229 e. The van der Waals surface area contributed by atoms with Crippen LogP contribution in [-0.4, -0.2) is 53.9 Å². The average molecular weight is 522 g/mol. The Hall–Kier alpha value is -2.89. The maximum absolute atomic E-state index is 12.8. The minimum absolute atomic E-state index is 0.0455. The summed E-state index contributed by atoms with van der Waals surface area (Å²) in [5.74, 6) is 2.50. The monoisotopic (exact) mass is 521 g/mol. The van der Waals surface area contributed by atoms with E-state index in [1.807, 2.05) is 45.0 Å². The molecule has 0 bridgehead atoms. The van der Waals surface area contributed by atoms with Crippen LogP contribution in [0.15, 0.2) is 48.7 Å². The zero-order chi connectivity index (χ0) is 26.6. The molecule has 2 aromatic carbocycles. The van der Waals surface area contributed by atoms with Crippen LogP contribution in [0.5, 0.6) is 5.75 Å². The molecule has 4 rings (SSSR count). The van der Waals surface area contributed by atoms with Gasteiger partial charge in [0, 0.05) is 17.1 Å². The van der Waals surface area contributed by atoms with E-state index in [1.54, 1.807) is 19.5 Å². The van der Waals surface area contributed by atoms with Gasteiger partial charge in [0.1, 0.15) is 18.7 Å². The molecule has 2 N–H and O–H groups in total. The smallest absolute Gasteiger partial charge is 0.229 e. The van der Waals surface area contributed by atoms with Crippen LogP contribution in [0.3, 0.4) is 0 Å². The third-order valence-electron chi connectivity index (χ3n) is 6.83. The van der Waals surface area contributed by atoms with Crippen LogP contribution >= 0.6 is 7.14 Å². The van der Waals surface area contributed by atoms with E-state index < -0.39 is 7.14 Å². The van der Waals surface area contributed by atoms with Gasteiger partial charge in [-0.2, -0.15) is 4.98 Å². The van der Waals surface area contributed by atoms with E-state index in [9.17, 15) is 4.57 Å². The van der Waals surface area contributed by atoms with Crippen molar-refractivity contribution in [3.05, 3.63) is 59.8 Å². The number of ether oxygens (including phenoxy) is 1. The van der Waals surface area contributed by atoms with Gasteiger partial charge in [-0.1, -0.05) is 25.1 Å². The lowest BCUT2D eigenvalue weighted by molar-refractivity contribution is 0.221. The number of nitrogens with one attached hydrogen (secondary N) is 2.